The predicted molar refractivity (Wildman–Crippen MR) is 80.9 cm³/mol. The van der Waals surface area contributed by atoms with Crippen molar-refractivity contribution in [2.75, 3.05) is 38.0 Å². The van der Waals surface area contributed by atoms with E-state index in [1.807, 2.05) is 17.0 Å². The molecule has 108 valence electrons. The van der Waals surface area contributed by atoms with Gasteiger partial charge in [-0.1, -0.05) is 25.1 Å². The van der Waals surface area contributed by atoms with Crippen LogP contribution in [0.2, 0.25) is 0 Å². The van der Waals surface area contributed by atoms with Gasteiger partial charge in [0.2, 0.25) is 5.91 Å². The molecule has 1 atom stereocenters. The van der Waals surface area contributed by atoms with Gasteiger partial charge >= 0.3 is 0 Å². The molecule has 1 aromatic rings. The topological polar surface area (TPSA) is 35.6 Å². The van der Waals surface area contributed by atoms with E-state index in [1.165, 1.54) is 12.0 Å². The van der Waals surface area contributed by atoms with Crippen molar-refractivity contribution in [2.45, 2.75) is 25.8 Å². The molecule has 1 N–H and O–H groups in total. The number of piperazine rings is 1. The van der Waals surface area contributed by atoms with E-state index in [0.717, 1.165) is 44.8 Å². The Morgan fingerprint density at radius 2 is 2.00 bits per heavy atom. The number of hydrogen-bond donors (Lipinski definition) is 1. The van der Waals surface area contributed by atoms with Crippen LogP contribution >= 0.6 is 0 Å². The number of carbonyl (C=O) groups is 1. The molecule has 1 saturated heterocycles. The Morgan fingerprint density at radius 3 is 2.70 bits per heavy atom. The molecule has 0 aromatic heterocycles. The normalized spacial score (nSPS) is 22.4. The maximum absolute atomic E-state index is 12.6. The molecule has 20 heavy (non-hydrogen) atoms. The van der Waals surface area contributed by atoms with Gasteiger partial charge in [-0.05, 0) is 24.6 Å². The first-order valence-electron chi connectivity index (χ1n) is 7.63. The molecule has 0 aliphatic carbocycles. The number of nitrogens with one attached hydrogen (secondary N) is 1. The van der Waals surface area contributed by atoms with Crippen LogP contribution in [0, 0.1) is 0 Å². The number of fused-ring (bicyclic) bond motifs is 1. The van der Waals surface area contributed by atoms with Crippen LogP contribution in [0.3, 0.4) is 0 Å². The minimum atomic E-state index is -0.0647. The summed E-state index contributed by atoms with van der Waals surface area (Å²) in [6, 6.07) is 8.15. The van der Waals surface area contributed by atoms with Gasteiger partial charge in [0.25, 0.3) is 0 Å². The van der Waals surface area contributed by atoms with Crippen molar-refractivity contribution < 1.29 is 4.79 Å². The molecule has 0 unspecified atom stereocenters. The number of anilines is 1. The molecule has 0 radical (unpaired) electrons. The monoisotopic (exact) mass is 273 g/mol. The highest BCUT2D eigenvalue weighted by molar-refractivity contribution is 5.87. The summed E-state index contributed by atoms with van der Waals surface area (Å²) in [4.78, 5) is 17.0. The number of nitrogens with zero attached hydrogens (tertiary/aromatic N) is 2. The summed E-state index contributed by atoms with van der Waals surface area (Å²) in [6.07, 6.45) is 2.01. The Labute approximate surface area is 120 Å². The van der Waals surface area contributed by atoms with Crippen molar-refractivity contribution in [1.29, 1.82) is 0 Å². The summed E-state index contributed by atoms with van der Waals surface area (Å²) in [5, 5.41) is 3.36. The standard InChI is InChI=1S/C16H23N3O/c1-2-7-18-8-10-19(11-9-18)16(20)15-12-13-5-3-4-6-14(13)17-15/h3-6,15,17H,2,7-12H2,1H3/t15-/m0/s1. The van der Waals surface area contributed by atoms with Gasteiger partial charge in [0.15, 0.2) is 0 Å². The van der Waals surface area contributed by atoms with Gasteiger partial charge < -0.3 is 10.2 Å². The second-order valence-electron chi connectivity index (χ2n) is 5.73. The zero-order chi connectivity index (χ0) is 13.9. The summed E-state index contributed by atoms with van der Waals surface area (Å²) in [5.74, 6) is 0.261. The van der Waals surface area contributed by atoms with Crippen molar-refractivity contribution in [3.05, 3.63) is 29.8 Å². The fourth-order valence-electron chi connectivity index (χ4n) is 3.18. The van der Waals surface area contributed by atoms with Crippen molar-refractivity contribution in [2.24, 2.45) is 0 Å². The van der Waals surface area contributed by atoms with Gasteiger partial charge in [0, 0.05) is 38.3 Å². The Balaban J connectivity index is 1.56. The van der Waals surface area contributed by atoms with E-state index in [1.54, 1.807) is 0 Å². The van der Waals surface area contributed by atoms with E-state index in [9.17, 15) is 4.79 Å². The van der Waals surface area contributed by atoms with E-state index in [0.29, 0.717) is 0 Å². The highest BCUT2D eigenvalue weighted by atomic mass is 16.2. The smallest absolute Gasteiger partial charge is 0.245 e. The zero-order valence-electron chi connectivity index (χ0n) is 12.1. The van der Waals surface area contributed by atoms with E-state index in [4.69, 9.17) is 0 Å². The molecule has 4 heteroatoms. The van der Waals surface area contributed by atoms with Crippen LogP contribution in [-0.2, 0) is 11.2 Å². The van der Waals surface area contributed by atoms with Crippen LogP contribution in [0.4, 0.5) is 5.69 Å². The number of para-hydroxylation sites is 1. The molecule has 0 saturated carbocycles. The molecule has 2 aliphatic heterocycles. The highest BCUT2D eigenvalue weighted by Crippen LogP contribution is 2.26. The Hall–Kier alpha value is -1.55. The van der Waals surface area contributed by atoms with Crippen molar-refractivity contribution >= 4 is 11.6 Å². The average molecular weight is 273 g/mol. The minimum Gasteiger partial charge on any atom is -0.373 e. The van der Waals surface area contributed by atoms with E-state index < -0.39 is 0 Å². The van der Waals surface area contributed by atoms with Gasteiger partial charge in [-0.15, -0.1) is 0 Å². The van der Waals surface area contributed by atoms with Gasteiger partial charge in [0.1, 0.15) is 6.04 Å². The third-order valence-corrected chi connectivity index (χ3v) is 4.29. The first-order chi connectivity index (χ1) is 9.78. The fourth-order valence-corrected chi connectivity index (χ4v) is 3.18. The molecule has 1 aromatic carbocycles. The third kappa shape index (κ3) is 2.66. The summed E-state index contributed by atoms with van der Waals surface area (Å²) in [5.41, 5.74) is 2.38. The molecule has 4 nitrogen and oxygen atoms in total. The van der Waals surface area contributed by atoms with Gasteiger partial charge in [-0.2, -0.15) is 0 Å². The number of hydrogen-bond acceptors (Lipinski definition) is 3. The molecule has 1 amide bonds. The molecule has 3 rings (SSSR count). The molecule has 1 fully saturated rings. The third-order valence-electron chi connectivity index (χ3n) is 4.29. The predicted octanol–water partition coefficient (Wildman–Crippen LogP) is 1.58. The Kier molecular flexibility index (Phi) is 3.92. The Bertz CT molecular complexity index is 455. The van der Waals surface area contributed by atoms with E-state index in [-0.39, 0.29) is 11.9 Å². The number of rotatable bonds is 3. The lowest BCUT2D eigenvalue weighted by Gasteiger charge is -2.35. The SMILES string of the molecule is CCCN1CCN(C(=O)[C@@H]2Cc3ccccc3N2)CC1. The molecule has 0 spiro atoms. The first-order valence-corrected chi connectivity index (χ1v) is 7.63. The maximum Gasteiger partial charge on any atom is 0.245 e. The van der Waals surface area contributed by atoms with E-state index >= 15 is 0 Å². The van der Waals surface area contributed by atoms with Crippen molar-refractivity contribution in [3.63, 3.8) is 0 Å². The lowest BCUT2D eigenvalue weighted by Crippen LogP contribution is -2.52. The van der Waals surface area contributed by atoms with Crippen LogP contribution in [-0.4, -0.2) is 54.5 Å². The second-order valence-corrected chi connectivity index (χ2v) is 5.73. The largest absolute Gasteiger partial charge is 0.373 e. The number of amides is 1. The fraction of sp³-hybridized carbons (Fsp3) is 0.562. The average Bonchev–Trinajstić information content (AvgIpc) is 2.91. The van der Waals surface area contributed by atoms with Crippen LogP contribution < -0.4 is 5.32 Å². The molecule has 0 bridgehead atoms. The first kappa shape index (κ1) is 13.4. The van der Waals surface area contributed by atoms with Crippen LogP contribution in [0.25, 0.3) is 0 Å². The van der Waals surface area contributed by atoms with Gasteiger partial charge in [-0.3, -0.25) is 9.69 Å². The number of carbonyl (C=O) groups excluding carboxylic acids is 1. The quantitative estimate of drug-likeness (QED) is 0.908. The summed E-state index contributed by atoms with van der Waals surface area (Å²) in [7, 11) is 0. The van der Waals surface area contributed by atoms with Crippen LogP contribution in [0.5, 0.6) is 0 Å². The summed E-state index contributed by atoms with van der Waals surface area (Å²) < 4.78 is 0. The molecular formula is C16H23N3O. The Morgan fingerprint density at radius 1 is 1.25 bits per heavy atom. The number of benzene rings is 1. The molecule has 2 heterocycles. The summed E-state index contributed by atoms with van der Waals surface area (Å²) in [6.45, 7) is 7.12. The maximum atomic E-state index is 12.6. The second kappa shape index (κ2) is 5.83. The lowest BCUT2D eigenvalue weighted by molar-refractivity contribution is -0.133. The molecule has 2 aliphatic rings. The summed E-state index contributed by atoms with van der Waals surface area (Å²) >= 11 is 0. The van der Waals surface area contributed by atoms with Crippen molar-refractivity contribution in [1.82, 2.24) is 9.80 Å². The lowest BCUT2D eigenvalue weighted by atomic mass is 10.1. The van der Waals surface area contributed by atoms with Crippen LogP contribution in [0.15, 0.2) is 24.3 Å². The van der Waals surface area contributed by atoms with E-state index in [2.05, 4.69) is 29.3 Å². The minimum absolute atomic E-state index is 0.0647. The highest BCUT2D eigenvalue weighted by Gasteiger charge is 2.31. The van der Waals surface area contributed by atoms with Gasteiger partial charge in [0.05, 0.1) is 0 Å². The van der Waals surface area contributed by atoms with Crippen LogP contribution in [0.1, 0.15) is 18.9 Å². The molecular weight excluding hydrogens is 250 g/mol. The van der Waals surface area contributed by atoms with Gasteiger partial charge in [-0.25, -0.2) is 0 Å². The zero-order valence-corrected chi connectivity index (χ0v) is 12.1. The van der Waals surface area contributed by atoms with Crippen molar-refractivity contribution in [3.8, 4) is 0 Å².